The maximum atomic E-state index is 13.4. The number of hydrogen-bond acceptors (Lipinski definition) is 2. The van der Waals surface area contributed by atoms with Crippen LogP contribution in [0.1, 0.15) is 6.92 Å². The highest BCUT2D eigenvalue weighted by molar-refractivity contribution is 5.83. The van der Waals surface area contributed by atoms with Crippen LogP contribution in [-0.4, -0.2) is 9.55 Å². The van der Waals surface area contributed by atoms with E-state index in [0.29, 0.717) is 34.7 Å². The summed E-state index contributed by atoms with van der Waals surface area (Å²) in [6.45, 7) is 2.56. The number of aryl methyl sites for hydroxylation is 1. The van der Waals surface area contributed by atoms with Crippen LogP contribution in [0.15, 0.2) is 36.4 Å². The monoisotopic (exact) mass is 273 g/mol. The first-order chi connectivity index (χ1) is 9.60. The topological polar surface area (TPSA) is 43.8 Å². The highest BCUT2D eigenvalue weighted by atomic mass is 19.1. The first kappa shape index (κ1) is 12.6. The van der Waals surface area contributed by atoms with Crippen molar-refractivity contribution < 1.29 is 8.78 Å². The summed E-state index contributed by atoms with van der Waals surface area (Å²) in [6.07, 6.45) is 0. The fourth-order valence-electron chi connectivity index (χ4n) is 2.36. The predicted molar refractivity (Wildman–Crippen MR) is 75.2 cm³/mol. The van der Waals surface area contributed by atoms with Crippen LogP contribution in [0.3, 0.4) is 0 Å². The summed E-state index contributed by atoms with van der Waals surface area (Å²) in [7, 11) is 0. The minimum Gasteiger partial charge on any atom is -0.398 e. The van der Waals surface area contributed by atoms with Crippen molar-refractivity contribution in [3.05, 3.63) is 48.0 Å². The Hall–Kier alpha value is -2.43. The molecular weight excluding hydrogens is 260 g/mol. The zero-order valence-corrected chi connectivity index (χ0v) is 10.9. The summed E-state index contributed by atoms with van der Waals surface area (Å²) < 4.78 is 28.4. The van der Waals surface area contributed by atoms with Gasteiger partial charge in [0, 0.05) is 17.8 Å². The normalized spacial score (nSPS) is 11.2. The molecule has 0 aliphatic heterocycles. The van der Waals surface area contributed by atoms with Gasteiger partial charge in [-0.25, -0.2) is 13.8 Å². The zero-order chi connectivity index (χ0) is 14.3. The Balaban J connectivity index is 2.30. The molecular formula is C15H13F2N3. The third-order valence-corrected chi connectivity index (χ3v) is 3.28. The molecule has 1 aromatic heterocycles. The first-order valence-corrected chi connectivity index (χ1v) is 6.31. The minimum atomic E-state index is -0.392. The van der Waals surface area contributed by atoms with Gasteiger partial charge in [-0.2, -0.15) is 0 Å². The molecule has 0 amide bonds. The summed E-state index contributed by atoms with van der Waals surface area (Å²) in [4.78, 5) is 4.48. The number of hydrogen-bond donors (Lipinski definition) is 1. The molecule has 0 saturated carbocycles. The third-order valence-electron chi connectivity index (χ3n) is 3.28. The molecule has 2 N–H and O–H groups in total. The van der Waals surface area contributed by atoms with E-state index in [1.54, 1.807) is 12.1 Å². The Labute approximate surface area is 114 Å². The van der Waals surface area contributed by atoms with Crippen molar-refractivity contribution in [2.24, 2.45) is 0 Å². The van der Waals surface area contributed by atoms with Crippen LogP contribution in [0.4, 0.5) is 14.5 Å². The summed E-state index contributed by atoms with van der Waals surface area (Å²) in [6, 6.07) is 8.62. The number of nitrogens with two attached hydrogens (primary N) is 1. The number of halogens is 2. The number of nitrogen functional groups attached to an aromatic ring is 1. The summed E-state index contributed by atoms with van der Waals surface area (Å²) in [5.41, 5.74) is 8.21. The van der Waals surface area contributed by atoms with Crippen molar-refractivity contribution in [2.75, 3.05) is 5.73 Å². The number of benzene rings is 2. The van der Waals surface area contributed by atoms with E-state index in [1.807, 2.05) is 11.5 Å². The average Bonchev–Trinajstić information content (AvgIpc) is 2.76. The van der Waals surface area contributed by atoms with Gasteiger partial charge in [0.1, 0.15) is 17.5 Å². The van der Waals surface area contributed by atoms with Crippen molar-refractivity contribution in [1.29, 1.82) is 0 Å². The highest BCUT2D eigenvalue weighted by Gasteiger charge is 2.14. The molecule has 0 fully saturated rings. The van der Waals surface area contributed by atoms with Crippen LogP contribution in [0.25, 0.3) is 22.4 Å². The van der Waals surface area contributed by atoms with Gasteiger partial charge in [-0.1, -0.05) is 0 Å². The molecule has 0 radical (unpaired) electrons. The standard InChI is InChI=1S/C15H13F2N3/c1-2-20-14-8-10(17)4-6-13(14)19-15(20)11-5-3-9(16)7-12(11)18/h3-8H,2,18H2,1H3. The summed E-state index contributed by atoms with van der Waals surface area (Å²) in [5.74, 6) is -0.0900. The second kappa shape index (κ2) is 4.59. The number of imidazole rings is 1. The molecule has 5 heteroatoms. The molecule has 1 heterocycles. The van der Waals surface area contributed by atoms with E-state index in [2.05, 4.69) is 4.98 Å². The molecule has 0 saturated heterocycles. The second-order valence-electron chi connectivity index (χ2n) is 4.54. The van der Waals surface area contributed by atoms with Gasteiger partial charge < -0.3 is 10.3 Å². The van der Waals surface area contributed by atoms with Gasteiger partial charge in [0.25, 0.3) is 0 Å². The number of nitrogens with zero attached hydrogens (tertiary/aromatic N) is 2. The molecule has 0 unspecified atom stereocenters. The fourth-order valence-corrected chi connectivity index (χ4v) is 2.36. The molecule has 2 aromatic carbocycles. The van der Waals surface area contributed by atoms with Crippen LogP contribution in [0.5, 0.6) is 0 Å². The van der Waals surface area contributed by atoms with Crippen molar-refractivity contribution in [3.8, 4) is 11.4 Å². The van der Waals surface area contributed by atoms with Crippen LogP contribution in [-0.2, 0) is 6.54 Å². The summed E-state index contributed by atoms with van der Waals surface area (Å²) >= 11 is 0. The lowest BCUT2D eigenvalue weighted by atomic mass is 10.1. The maximum Gasteiger partial charge on any atom is 0.143 e. The van der Waals surface area contributed by atoms with Gasteiger partial charge in [-0.05, 0) is 43.3 Å². The van der Waals surface area contributed by atoms with Gasteiger partial charge in [0.15, 0.2) is 0 Å². The zero-order valence-electron chi connectivity index (χ0n) is 10.9. The Kier molecular flexibility index (Phi) is 2.89. The molecule has 3 aromatic rings. The minimum absolute atomic E-state index is 0.314. The predicted octanol–water partition coefficient (Wildman–Crippen LogP) is 3.58. The van der Waals surface area contributed by atoms with Crippen LogP contribution in [0, 0.1) is 11.6 Å². The summed E-state index contributed by atoms with van der Waals surface area (Å²) in [5, 5.41) is 0. The lowest BCUT2D eigenvalue weighted by Crippen LogP contribution is -2.00. The van der Waals surface area contributed by atoms with E-state index in [1.165, 1.54) is 24.3 Å². The third kappa shape index (κ3) is 1.91. The van der Waals surface area contributed by atoms with Gasteiger partial charge in [0.2, 0.25) is 0 Å². The Bertz CT molecular complexity index is 793. The first-order valence-electron chi connectivity index (χ1n) is 6.31. The van der Waals surface area contributed by atoms with Gasteiger partial charge in [-0.15, -0.1) is 0 Å². The molecule has 3 nitrogen and oxygen atoms in total. The van der Waals surface area contributed by atoms with Crippen molar-refractivity contribution in [2.45, 2.75) is 13.5 Å². The second-order valence-corrected chi connectivity index (χ2v) is 4.54. The van der Waals surface area contributed by atoms with Gasteiger partial charge in [0.05, 0.1) is 11.0 Å². The van der Waals surface area contributed by atoms with Crippen LogP contribution < -0.4 is 5.73 Å². The van der Waals surface area contributed by atoms with E-state index in [-0.39, 0.29) is 5.82 Å². The smallest absolute Gasteiger partial charge is 0.143 e. The molecule has 3 rings (SSSR count). The highest BCUT2D eigenvalue weighted by Crippen LogP contribution is 2.29. The van der Waals surface area contributed by atoms with E-state index in [9.17, 15) is 8.78 Å². The van der Waals surface area contributed by atoms with Crippen molar-refractivity contribution in [1.82, 2.24) is 9.55 Å². The maximum absolute atomic E-state index is 13.4. The lowest BCUT2D eigenvalue weighted by Gasteiger charge is -2.08. The number of fused-ring (bicyclic) bond motifs is 1. The largest absolute Gasteiger partial charge is 0.398 e. The van der Waals surface area contributed by atoms with Crippen molar-refractivity contribution >= 4 is 16.7 Å². The average molecular weight is 273 g/mol. The molecule has 0 aliphatic carbocycles. The molecule has 102 valence electrons. The molecule has 0 aliphatic rings. The number of aromatic nitrogens is 2. The fraction of sp³-hybridized carbons (Fsp3) is 0.133. The van der Waals surface area contributed by atoms with E-state index >= 15 is 0 Å². The Morgan fingerprint density at radius 3 is 2.50 bits per heavy atom. The molecule has 0 spiro atoms. The number of anilines is 1. The van der Waals surface area contributed by atoms with Gasteiger partial charge >= 0.3 is 0 Å². The Morgan fingerprint density at radius 1 is 1.10 bits per heavy atom. The van der Waals surface area contributed by atoms with E-state index in [0.717, 1.165) is 0 Å². The molecule has 20 heavy (non-hydrogen) atoms. The lowest BCUT2D eigenvalue weighted by molar-refractivity contribution is 0.628. The SMILES string of the molecule is CCn1c(-c2ccc(F)cc2N)nc2ccc(F)cc21. The van der Waals surface area contributed by atoms with Gasteiger partial charge in [-0.3, -0.25) is 0 Å². The molecule has 0 bridgehead atoms. The van der Waals surface area contributed by atoms with E-state index in [4.69, 9.17) is 5.73 Å². The van der Waals surface area contributed by atoms with Crippen LogP contribution >= 0.6 is 0 Å². The number of rotatable bonds is 2. The van der Waals surface area contributed by atoms with Crippen LogP contribution in [0.2, 0.25) is 0 Å². The molecule has 0 atom stereocenters. The quantitative estimate of drug-likeness (QED) is 0.725. The Morgan fingerprint density at radius 2 is 1.80 bits per heavy atom. The van der Waals surface area contributed by atoms with E-state index < -0.39 is 5.82 Å². The van der Waals surface area contributed by atoms with Crippen molar-refractivity contribution in [3.63, 3.8) is 0 Å².